The number of halogens is 1. The molecule has 1 N–H and O–H groups in total. The zero-order valence-corrected chi connectivity index (χ0v) is 14.1. The van der Waals surface area contributed by atoms with Crippen LogP contribution in [-0.2, 0) is 0 Å². The molecule has 1 unspecified atom stereocenters. The molecule has 0 aromatic heterocycles. The highest BCUT2D eigenvalue weighted by Crippen LogP contribution is 2.30. The Kier molecular flexibility index (Phi) is 7.47. The van der Waals surface area contributed by atoms with Gasteiger partial charge in [0.05, 0.1) is 11.6 Å². The van der Waals surface area contributed by atoms with Crippen LogP contribution >= 0.6 is 15.9 Å². The van der Waals surface area contributed by atoms with Gasteiger partial charge in [0.1, 0.15) is 5.75 Å². The molecule has 1 atom stereocenters. The molecule has 0 spiro atoms. The van der Waals surface area contributed by atoms with E-state index in [-0.39, 0.29) is 0 Å². The Labute approximate surface area is 126 Å². The highest BCUT2D eigenvalue weighted by atomic mass is 79.9. The number of benzene rings is 1. The first-order valence-corrected chi connectivity index (χ1v) is 7.94. The van der Waals surface area contributed by atoms with Crippen molar-refractivity contribution in [1.29, 1.82) is 0 Å². The summed E-state index contributed by atoms with van der Waals surface area (Å²) in [7, 11) is 1.70. The van der Waals surface area contributed by atoms with E-state index in [0.717, 1.165) is 22.7 Å². The second-order valence-electron chi connectivity index (χ2n) is 5.33. The van der Waals surface area contributed by atoms with E-state index >= 15 is 0 Å². The lowest BCUT2D eigenvalue weighted by molar-refractivity contribution is 0.411. The molecule has 108 valence electrons. The summed E-state index contributed by atoms with van der Waals surface area (Å²) in [6, 6.07) is 6.80. The molecule has 0 saturated heterocycles. The van der Waals surface area contributed by atoms with Gasteiger partial charge in [-0.25, -0.2) is 0 Å². The number of rotatable bonds is 8. The van der Waals surface area contributed by atoms with Gasteiger partial charge in [0.25, 0.3) is 0 Å². The largest absolute Gasteiger partial charge is 0.496 e. The summed E-state index contributed by atoms with van der Waals surface area (Å²) in [5.41, 5.74) is 1.33. The predicted molar refractivity (Wildman–Crippen MR) is 85.8 cm³/mol. The van der Waals surface area contributed by atoms with Gasteiger partial charge >= 0.3 is 0 Å². The van der Waals surface area contributed by atoms with E-state index in [4.69, 9.17) is 4.74 Å². The Hall–Kier alpha value is -0.540. The van der Waals surface area contributed by atoms with Gasteiger partial charge in [-0.2, -0.15) is 0 Å². The summed E-state index contributed by atoms with van der Waals surface area (Å²) in [6.45, 7) is 7.72. The maximum atomic E-state index is 5.28. The Morgan fingerprint density at radius 3 is 2.53 bits per heavy atom. The molecule has 0 aliphatic heterocycles. The standard InChI is InChI=1S/C16H26BrNO/c1-5-18-15(8-6-7-12(2)3)13-9-10-16(19-4)14(17)11-13/h9-12,15,18H,5-8H2,1-4H3. The van der Waals surface area contributed by atoms with Gasteiger partial charge in [-0.05, 0) is 52.5 Å². The predicted octanol–water partition coefficient (Wildman–Crippen LogP) is 4.93. The third-order valence-electron chi connectivity index (χ3n) is 3.30. The van der Waals surface area contributed by atoms with E-state index in [1.807, 2.05) is 6.07 Å². The van der Waals surface area contributed by atoms with E-state index in [1.54, 1.807) is 7.11 Å². The molecule has 0 aliphatic rings. The summed E-state index contributed by atoms with van der Waals surface area (Å²) in [5, 5.41) is 3.58. The van der Waals surface area contributed by atoms with Gasteiger partial charge in [-0.3, -0.25) is 0 Å². The minimum Gasteiger partial charge on any atom is -0.496 e. The number of hydrogen-bond donors (Lipinski definition) is 1. The maximum Gasteiger partial charge on any atom is 0.133 e. The van der Waals surface area contributed by atoms with Crippen molar-refractivity contribution in [3.63, 3.8) is 0 Å². The van der Waals surface area contributed by atoms with Crippen LogP contribution in [0.15, 0.2) is 22.7 Å². The van der Waals surface area contributed by atoms with Crippen LogP contribution in [0.3, 0.4) is 0 Å². The second kappa shape index (κ2) is 8.60. The van der Waals surface area contributed by atoms with Gasteiger partial charge in [-0.15, -0.1) is 0 Å². The van der Waals surface area contributed by atoms with Crippen LogP contribution in [-0.4, -0.2) is 13.7 Å². The fourth-order valence-corrected chi connectivity index (χ4v) is 2.82. The monoisotopic (exact) mass is 327 g/mol. The number of ether oxygens (including phenoxy) is 1. The van der Waals surface area contributed by atoms with Crippen molar-refractivity contribution in [2.24, 2.45) is 5.92 Å². The van der Waals surface area contributed by atoms with Gasteiger partial charge in [0.15, 0.2) is 0 Å². The fourth-order valence-electron chi connectivity index (χ4n) is 2.26. The van der Waals surface area contributed by atoms with Crippen LogP contribution in [0.1, 0.15) is 51.6 Å². The van der Waals surface area contributed by atoms with Crippen molar-refractivity contribution in [3.05, 3.63) is 28.2 Å². The molecule has 2 nitrogen and oxygen atoms in total. The summed E-state index contributed by atoms with van der Waals surface area (Å²) in [4.78, 5) is 0. The lowest BCUT2D eigenvalue weighted by Crippen LogP contribution is -2.21. The van der Waals surface area contributed by atoms with E-state index in [2.05, 4.69) is 54.2 Å². The topological polar surface area (TPSA) is 21.3 Å². The van der Waals surface area contributed by atoms with Gasteiger partial charge in [0.2, 0.25) is 0 Å². The van der Waals surface area contributed by atoms with Crippen molar-refractivity contribution in [2.45, 2.75) is 46.1 Å². The maximum absolute atomic E-state index is 5.28. The molecule has 0 amide bonds. The summed E-state index contributed by atoms with van der Waals surface area (Å²) in [5.74, 6) is 1.67. The molecule has 0 heterocycles. The molecule has 0 bridgehead atoms. The zero-order valence-electron chi connectivity index (χ0n) is 12.5. The first-order valence-electron chi connectivity index (χ1n) is 7.15. The molecule has 3 heteroatoms. The summed E-state index contributed by atoms with van der Waals surface area (Å²) >= 11 is 3.57. The van der Waals surface area contributed by atoms with Crippen molar-refractivity contribution in [1.82, 2.24) is 5.32 Å². The lowest BCUT2D eigenvalue weighted by atomic mass is 9.98. The average Bonchev–Trinajstić information content (AvgIpc) is 2.37. The summed E-state index contributed by atoms with van der Waals surface area (Å²) < 4.78 is 6.31. The van der Waals surface area contributed by atoms with Crippen LogP contribution in [0.2, 0.25) is 0 Å². The number of nitrogens with one attached hydrogen (secondary N) is 1. The molecule has 0 fully saturated rings. The fraction of sp³-hybridized carbons (Fsp3) is 0.625. The zero-order chi connectivity index (χ0) is 14.3. The first kappa shape index (κ1) is 16.5. The van der Waals surface area contributed by atoms with Crippen molar-refractivity contribution >= 4 is 15.9 Å². The third-order valence-corrected chi connectivity index (χ3v) is 3.92. The third kappa shape index (κ3) is 5.53. The van der Waals surface area contributed by atoms with E-state index in [9.17, 15) is 0 Å². The normalized spacial score (nSPS) is 12.7. The van der Waals surface area contributed by atoms with E-state index in [1.165, 1.54) is 24.8 Å². The molecule has 1 aromatic rings. The molecule has 1 aromatic carbocycles. The van der Waals surface area contributed by atoms with Crippen molar-refractivity contribution < 1.29 is 4.74 Å². The van der Waals surface area contributed by atoms with Crippen LogP contribution in [0.5, 0.6) is 5.75 Å². The first-order chi connectivity index (χ1) is 9.08. The molecule has 19 heavy (non-hydrogen) atoms. The average molecular weight is 328 g/mol. The minimum absolute atomic E-state index is 0.436. The van der Waals surface area contributed by atoms with Gasteiger partial charge < -0.3 is 10.1 Å². The second-order valence-corrected chi connectivity index (χ2v) is 6.18. The molecule has 0 saturated carbocycles. The summed E-state index contributed by atoms with van der Waals surface area (Å²) in [6.07, 6.45) is 3.74. The van der Waals surface area contributed by atoms with Crippen molar-refractivity contribution in [3.8, 4) is 5.75 Å². The minimum atomic E-state index is 0.436. The van der Waals surface area contributed by atoms with Gasteiger partial charge in [0, 0.05) is 6.04 Å². The van der Waals surface area contributed by atoms with Crippen LogP contribution in [0, 0.1) is 5.92 Å². The van der Waals surface area contributed by atoms with Crippen molar-refractivity contribution in [2.75, 3.05) is 13.7 Å². The molecular weight excluding hydrogens is 302 g/mol. The van der Waals surface area contributed by atoms with E-state index in [0.29, 0.717) is 6.04 Å². The molecule has 0 radical (unpaired) electrons. The Morgan fingerprint density at radius 1 is 1.26 bits per heavy atom. The number of hydrogen-bond acceptors (Lipinski definition) is 2. The number of methoxy groups -OCH3 is 1. The highest BCUT2D eigenvalue weighted by molar-refractivity contribution is 9.10. The molecule has 1 rings (SSSR count). The van der Waals surface area contributed by atoms with Crippen LogP contribution in [0.4, 0.5) is 0 Å². The quantitative estimate of drug-likeness (QED) is 0.730. The molecular formula is C16H26BrNO. The van der Waals surface area contributed by atoms with Crippen LogP contribution < -0.4 is 10.1 Å². The molecule has 0 aliphatic carbocycles. The Balaban J connectivity index is 2.71. The van der Waals surface area contributed by atoms with E-state index < -0.39 is 0 Å². The smallest absolute Gasteiger partial charge is 0.133 e. The Morgan fingerprint density at radius 2 is 2.00 bits per heavy atom. The Bertz CT molecular complexity index is 379. The SMILES string of the molecule is CCNC(CCCC(C)C)c1ccc(OC)c(Br)c1. The van der Waals surface area contributed by atoms with Crippen LogP contribution in [0.25, 0.3) is 0 Å². The lowest BCUT2D eigenvalue weighted by Gasteiger charge is -2.19. The highest BCUT2D eigenvalue weighted by Gasteiger charge is 2.12. The van der Waals surface area contributed by atoms with Gasteiger partial charge in [-0.1, -0.05) is 39.7 Å².